The predicted octanol–water partition coefficient (Wildman–Crippen LogP) is 1.88. The van der Waals surface area contributed by atoms with Crippen LogP contribution >= 0.6 is 0 Å². The molecule has 3 nitrogen and oxygen atoms in total. The Morgan fingerprint density at radius 3 is 2.41 bits per heavy atom. The maximum Gasteiger partial charge on any atom is 0.407 e. The molecule has 1 rings (SSSR count). The molecule has 0 radical (unpaired) electrons. The molecule has 1 fully saturated rings. The molecule has 17 heavy (non-hydrogen) atoms. The first-order chi connectivity index (χ1) is 7.65. The lowest BCUT2D eigenvalue weighted by molar-refractivity contribution is -0.193. The number of alkyl halides is 3. The van der Waals surface area contributed by atoms with Crippen molar-refractivity contribution in [2.45, 2.75) is 49.6 Å². The summed E-state index contributed by atoms with van der Waals surface area (Å²) in [6, 6.07) is 0. The zero-order valence-electron chi connectivity index (χ0n) is 9.97. The first kappa shape index (κ1) is 14.8. The Morgan fingerprint density at radius 2 is 2.00 bits per heavy atom. The predicted molar refractivity (Wildman–Crippen MR) is 59.6 cm³/mol. The average molecular weight is 273 g/mol. The van der Waals surface area contributed by atoms with E-state index in [0.29, 0.717) is 6.42 Å². The van der Waals surface area contributed by atoms with Gasteiger partial charge in [-0.3, -0.25) is 0 Å². The molecule has 7 heteroatoms. The van der Waals surface area contributed by atoms with Crippen LogP contribution in [0.2, 0.25) is 0 Å². The van der Waals surface area contributed by atoms with Gasteiger partial charge in [-0.2, -0.15) is 13.2 Å². The van der Waals surface area contributed by atoms with Crippen molar-refractivity contribution in [1.82, 2.24) is 5.32 Å². The standard InChI is InChI=1S/C10H18F3NO2S/c1-3-7-14-9(10(11,12)13)6-4-5-8(9)17(2,15)16/h8,14H,3-7H2,1-2H3. The van der Waals surface area contributed by atoms with Crippen molar-refractivity contribution in [3.05, 3.63) is 0 Å². The third-order valence-corrected chi connectivity index (χ3v) is 4.97. The van der Waals surface area contributed by atoms with E-state index in [1.165, 1.54) is 0 Å². The van der Waals surface area contributed by atoms with Gasteiger partial charge < -0.3 is 5.32 Å². The van der Waals surface area contributed by atoms with Crippen LogP contribution in [0.3, 0.4) is 0 Å². The van der Waals surface area contributed by atoms with Crippen LogP contribution in [0.25, 0.3) is 0 Å². The van der Waals surface area contributed by atoms with Crippen molar-refractivity contribution in [2.24, 2.45) is 0 Å². The molecule has 0 aromatic heterocycles. The van der Waals surface area contributed by atoms with E-state index >= 15 is 0 Å². The van der Waals surface area contributed by atoms with Crippen LogP contribution in [0.4, 0.5) is 13.2 Å². The lowest BCUT2D eigenvalue weighted by atomic mass is 9.96. The first-order valence-electron chi connectivity index (χ1n) is 5.66. The van der Waals surface area contributed by atoms with Crippen molar-refractivity contribution in [3.8, 4) is 0 Å². The van der Waals surface area contributed by atoms with Crippen molar-refractivity contribution < 1.29 is 21.6 Å². The van der Waals surface area contributed by atoms with Gasteiger partial charge in [-0.05, 0) is 32.2 Å². The zero-order valence-corrected chi connectivity index (χ0v) is 10.8. The topological polar surface area (TPSA) is 46.2 Å². The number of hydrogen-bond acceptors (Lipinski definition) is 3. The van der Waals surface area contributed by atoms with Gasteiger partial charge >= 0.3 is 6.18 Å². The van der Waals surface area contributed by atoms with Crippen LogP contribution in [-0.4, -0.2) is 38.2 Å². The molecule has 102 valence electrons. The van der Waals surface area contributed by atoms with E-state index in [0.717, 1.165) is 6.26 Å². The van der Waals surface area contributed by atoms with Gasteiger partial charge in [0.15, 0.2) is 9.84 Å². The SMILES string of the molecule is CCCNC1(C(F)(F)F)CCCC1S(C)(=O)=O. The van der Waals surface area contributed by atoms with Crippen molar-refractivity contribution in [3.63, 3.8) is 0 Å². The fourth-order valence-electron chi connectivity index (χ4n) is 2.53. The summed E-state index contributed by atoms with van der Waals surface area (Å²) in [6.07, 6.45) is -2.91. The molecule has 0 aliphatic heterocycles. The summed E-state index contributed by atoms with van der Waals surface area (Å²) in [6.45, 7) is 1.92. The first-order valence-corrected chi connectivity index (χ1v) is 7.61. The van der Waals surface area contributed by atoms with E-state index in [2.05, 4.69) is 5.32 Å². The van der Waals surface area contributed by atoms with Crippen molar-refractivity contribution >= 4 is 9.84 Å². The molecule has 1 saturated carbocycles. The summed E-state index contributed by atoms with van der Waals surface area (Å²) in [4.78, 5) is 0. The molecule has 1 aliphatic carbocycles. The molecule has 1 aliphatic rings. The van der Waals surface area contributed by atoms with E-state index in [4.69, 9.17) is 0 Å². The second-order valence-corrected chi connectivity index (χ2v) is 6.83. The van der Waals surface area contributed by atoms with Crippen LogP contribution in [-0.2, 0) is 9.84 Å². The Hall–Kier alpha value is -0.300. The molecule has 0 saturated heterocycles. The average Bonchev–Trinajstić information content (AvgIpc) is 2.57. The quantitative estimate of drug-likeness (QED) is 0.850. The van der Waals surface area contributed by atoms with Gasteiger partial charge in [0.1, 0.15) is 5.54 Å². The summed E-state index contributed by atoms with van der Waals surface area (Å²) in [5.41, 5.74) is -2.25. The smallest absolute Gasteiger partial charge is 0.303 e. The minimum atomic E-state index is -4.54. The molecule has 1 N–H and O–H groups in total. The molecule has 0 amide bonds. The highest BCUT2D eigenvalue weighted by Gasteiger charge is 2.63. The summed E-state index contributed by atoms with van der Waals surface area (Å²) in [7, 11) is -3.71. The molecule has 0 aromatic carbocycles. The fraction of sp³-hybridized carbons (Fsp3) is 1.00. The molecule has 0 aromatic rings. The lowest BCUT2D eigenvalue weighted by Crippen LogP contribution is -2.63. The van der Waals surface area contributed by atoms with Gasteiger partial charge in [0.2, 0.25) is 0 Å². The number of nitrogens with one attached hydrogen (secondary N) is 1. The molecule has 2 atom stereocenters. The Labute approximate surface area is 99.7 Å². The van der Waals surface area contributed by atoms with Crippen LogP contribution in [0.15, 0.2) is 0 Å². The molecule has 0 heterocycles. The van der Waals surface area contributed by atoms with Crippen LogP contribution < -0.4 is 5.32 Å². The van der Waals surface area contributed by atoms with Gasteiger partial charge in [0.25, 0.3) is 0 Å². The Balaban J connectivity index is 3.13. The van der Waals surface area contributed by atoms with E-state index in [1.54, 1.807) is 6.92 Å². The number of rotatable bonds is 4. The normalized spacial score (nSPS) is 30.8. The summed E-state index contributed by atoms with van der Waals surface area (Å²) in [5.74, 6) is 0. The second kappa shape index (κ2) is 4.76. The third-order valence-electron chi connectivity index (χ3n) is 3.30. The minimum Gasteiger partial charge on any atom is -0.303 e. The van der Waals surface area contributed by atoms with Crippen LogP contribution in [0.1, 0.15) is 32.6 Å². The van der Waals surface area contributed by atoms with Gasteiger partial charge in [0, 0.05) is 6.26 Å². The summed E-state index contributed by atoms with van der Waals surface area (Å²) >= 11 is 0. The Morgan fingerprint density at radius 1 is 1.41 bits per heavy atom. The van der Waals surface area contributed by atoms with E-state index < -0.39 is 26.8 Å². The van der Waals surface area contributed by atoms with Crippen LogP contribution in [0, 0.1) is 0 Å². The summed E-state index contributed by atoms with van der Waals surface area (Å²) in [5, 5.41) is 1.08. The largest absolute Gasteiger partial charge is 0.407 e. The highest BCUT2D eigenvalue weighted by atomic mass is 32.2. The van der Waals surface area contributed by atoms with Crippen molar-refractivity contribution in [1.29, 1.82) is 0 Å². The maximum atomic E-state index is 13.2. The molecule has 0 bridgehead atoms. The van der Waals surface area contributed by atoms with Gasteiger partial charge in [-0.1, -0.05) is 6.92 Å². The van der Waals surface area contributed by atoms with Crippen molar-refractivity contribution in [2.75, 3.05) is 12.8 Å². The Bertz CT molecular complexity index is 366. The maximum absolute atomic E-state index is 13.2. The highest BCUT2D eigenvalue weighted by Crippen LogP contribution is 2.45. The third kappa shape index (κ3) is 2.76. The summed E-state index contributed by atoms with van der Waals surface area (Å²) < 4.78 is 62.6. The molecular weight excluding hydrogens is 255 g/mol. The fourth-order valence-corrected chi connectivity index (χ4v) is 4.19. The zero-order chi connectivity index (χ0) is 13.3. The minimum absolute atomic E-state index is 0.0784. The Kier molecular flexibility index (Phi) is 4.13. The van der Waals surface area contributed by atoms with Gasteiger partial charge in [-0.15, -0.1) is 0 Å². The van der Waals surface area contributed by atoms with E-state index in [-0.39, 0.29) is 25.8 Å². The van der Waals surface area contributed by atoms with Gasteiger partial charge in [-0.25, -0.2) is 8.42 Å². The highest BCUT2D eigenvalue weighted by molar-refractivity contribution is 7.91. The monoisotopic (exact) mass is 273 g/mol. The second-order valence-electron chi connectivity index (χ2n) is 4.61. The molecular formula is C10H18F3NO2S. The lowest BCUT2D eigenvalue weighted by Gasteiger charge is -2.37. The number of halogens is 3. The number of sulfone groups is 1. The van der Waals surface area contributed by atoms with E-state index in [1.807, 2.05) is 0 Å². The van der Waals surface area contributed by atoms with Gasteiger partial charge in [0.05, 0.1) is 5.25 Å². The van der Waals surface area contributed by atoms with E-state index in [9.17, 15) is 21.6 Å². The molecule has 0 spiro atoms. The molecule has 2 unspecified atom stereocenters. The number of hydrogen-bond donors (Lipinski definition) is 1. The van der Waals surface area contributed by atoms with Crippen LogP contribution in [0.5, 0.6) is 0 Å².